The van der Waals surface area contributed by atoms with E-state index in [0.717, 1.165) is 11.8 Å². The van der Waals surface area contributed by atoms with Crippen molar-refractivity contribution in [3.8, 4) is 0 Å². The molecule has 0 spiro atoms. The van der Waals surface area contributed by atoms with Gasteiger partial charge in [-0.05, 0) is 6.42 Å². The zero-order valence-corrected chi connectivity index (χ0v) is 10.3. The fourth-order valence-corrected chi connectivity index (χ4v) is 1.85. The lowest BCUT2D eigenvalue weighted by Gasteiger charge is -2.15. The van der Waals surface area contributed by atoms with E-state index in [1.165, 1.54) is 6.92 Å². The summed E-state index contributed by atoms with van der Waals surface area (Å²) in [7, 11) is 0. The third-order valence-corrected chi connectivity index (χ3v) is 3.15. The summed E-state index contributed by atoms with van der Waals surface area (Å²) in [4.78, 5) is 22.0. The molecule has 2 atom stereocenters. The lowest BCUT2D eigenvalue weighted by molar-refractivity contribution is -0.119. The Hall–Kier alpha value is -0.550. The summed E-state index contributed by atoms with van der Waals surface area (Å²) in [6, 6.07) is 0. The van der Waals surface area contributed by atoms with Crippen LogP contribution in [0, 0.1) is 5.92 Å². The van der Waals surface area contributed by atoms with Crippen molar-refractivity contribution in [2.24, 2.45) is 5.92 Å². The molecule has 5 heteroatoms. The molecule has 4 nitrogen and oxygen atoms in total. The van der Waals surface area contributed by atoms with Gasteiger partial charge in [0, 0.05) is 19.2 Å². The monoisotopic (exact) mass is 233 g/mol. The third kappa shape index (κ3) is 6.52. The first-order valence-electron chi connectivity index (χ1n) is 5.08. The quantitative estimate of drug-likeness (QED) is 0.666. The minimum absolute atomic E-state index is 0.0188. The minimum atomic E-state index is -0.564. The lowest BCUT2D eigenvalue weighted by atomic mass is 10.1. The highest BCUT2D eigenvalue weighted by molar-refractivity contribution is 8.13. The molecule has 0 aliphatic rings. The van der Waals surface area contributed by atoms with E-state index in [2.05, 4.69) is 5.32 Å². The number of thioether (sulfide) groups is 1. The number of rotatable bonds is 6. The van der Waals surface area contributed by atoms with Crippen LogP contribution in [0.1, 0.15) is 27.2 Å². The number of aliphatic hydroxyl groups excluding tert-OH is 1. The average Bonchev–Trinajstić information content (AvgIpc) is 2.21. The van der Waals surface area contributed by atoms with Gasteiger partial charge in [-0.15, -0.1) is 0 Å². The van der Waals surface area contributed by atoms with Gasteiger partial charge in [-0.2, -0.15) is 0 Å². The predicted molar refractivity (Wildman–Crippen MR) is 61.6 cm³/mol. The standard InChI is InChI=1S/C10H19NO3S/c1-4-9(13)7(2)10(14)15-6-5-11-8(3)12/h7,9,13H,4-6H2,1-3H3,(H,11,12)/t7-,9+/m0/s1. The number of amides is 1. The molecule has 0 unspecified atom stereocenters. The molecule has 0 bridgehead atoms. The van der Waals surface area contributed by atoms with Gasteiger partial charge in [0.15, 0.2) is 5.12 Å². The zero-order valence-electron chi connectivity index (χ0n) is 9.45. The molecule has 0 aliphatic heterocycles. The van der Waals surface area contributed by atoms with Crippen molar-refractivity contribution in [2.45, 2.75) is 33.3 Å². The van der Waals surface area contributed by atoms with Crippen molar-refractivity contribution in [1.29, 1.82) is 0 Å². The SMILES string of the molecule is CC[C@@H](O)[C@H](C)C(=O)SCCNC(C)=O. The van der Waals surface area contributed by atoms with Crippen molar-refractivity contribution in [1.82, 2.24) is 5.32 Å². The molecule has 0 aromatic carbocycles. The Balaban J connectivity index is 3.69. The van der Waals surface area contributed by atoms with Crippen LogP contribution in [0.4, 0.5) is 0 Å². The van der Waals surface area contributed by atoms with Crippen LogP contribution < -0.4 is 5.32 Å². The van der Waals surface area contributed by atoms with Crippen LogP contribution in [0.15, 0.2) is 0 Å². The number of carbonyl (C=O) groups excluding carboxylic acids is 2. The van der Waals surface area contributed by atoms with Gasteiger partial charge in [-0.25, -0.2) is 0 Å². The van der Waals surface area contributed by atoms with E-state index in [-0.39, 0.29) is 16.9 Å². The summed E-state index contributed by atoms with van der Waals surface area (Å²) in [5.41, 5.74) is 0. The van der Waals surface area contributed by atoms with Crippen LogP contribution in [-0.4, -0.2) is 34.5 Å². The smallest absolute Gasteiger partial charge is 0.216 e. The summed E-state index contributed by atoms with van der Waals surface area (Å²) in [6.07, 6.45) is 0.0184. The van der Waals surface area contributed by atoms with Gasteiger partial charge in [0.1, 0.15) is 0 Å². The Bertz CT molecular complexity index is 221. The first kappa shape index (κ1) is 14.5. The molecule has 0 aromatic rings. The molecule has 0 radical (unpaired) electrons. The second-order valence-corrected chi connectivity index (χ2v) is 4.51. The normalized spacial score (nSPS) is 14.4. The Morgan fingerprint density at radius 2 is 2.07 bits per heavy atom. The maximum Gasteiger partial charge on any atom is 0.216 e. The highest BCUT2D eigenvalue weighted by atomic mass is 32.2. The number of aliphatic hydroxyl groups is 1. The van der Waals surface area contributed by atoms with E-state index in [4.69, 9.17) is 0 Å². The van der Waals surface area contributed by atoms with Crippen molar-refractivity contribution in [3.63, 3.8) is 0 Å². The molecule has 1 amide bonds. The van der Waals surface area contributed by atoms with E-state index in [0.29, 0.717) is 18.7 Å². The molecule has 0 aliphatic carbocycles. The van der Waals surface area contributed by atoms with Gasteiger partial charge in [0.05, 0.1) is 12.0 Å². The van der Waals surface area contributed by atoms with Crippen LogP contribution in [0.25, 0.3) is 0 Å². The summed E-state index contributed by atoms with van der Waals surface area (Å²) in [6.45, 7) is 5.49. The van der Waals surface area contributed by atoms with Crippen LogP contribution in [0.5, 0.6) is 0 Å². The molecule has 0 saturated heterocycles. The molecule has 0 rings (SSSR count). The fraction of sp³-hybridized carbons (Fsp3) is 0.800. The summed E-state index contributed by atoms with van der Waals surface area (Å²) in [5, 5.41) is 12.0. The van der Waals surface area contributed by atoms with E-state index >= 15 is 0 Å². The van der Waals surface area contributed by atoms with Gasteiger partial charge < -0.3 is 10.4 Å². The third-order valence-electron chi connectivity index (χ3n) is 2.09. The summed E-state index contributed by atoms with van der Waals surface area (Å²) >= 11 is 1.16. The van der Waals surface area contributed by atoms with Crippen molar-refractivity contribution < 1.29 is 14.7 Å². The molecule has 0 saturated carbocycles. The highest BCUT2D eigenvalue weighted by Gasteiger charge is 2.20. The second kappa shape index (κ2) is 7.70. The number of hydrogen-bond donors (Lipinski definition) is 2. The van der Waals surface area contributed by atoms with E-state index in [9.17, 15) is 14.7 Å². The van der Waals surface area contributed by atoms with Gasteiger partial charge in [-0.3, -0.25) is 9.59 Å². The van der Waals surface area contributed by atoms with E-state index < -0.39 is 6.10 Å². The van der Waals surface area contributed by atoms with Gasteiger partial charge in [0.2, 0.25) is 5.91 Å². The predicted octanol–water partition coefficient (Wildman–Crippen LogP) is 0.789. The largest absolute Gasteiger partial charge is 0.392 e. The van der Waals surface area contributed by atoms with Crippen LogP contribution >= 0.6 is 11.8 Å². The Morgan fingerprint density at radius 1 is 1.47 bits per heavy atom. The molecule has 2 N–H and O–H groups in total. The first-order chi connectivity index (χ1) is 6.99. The van der Waals surface area contributed by atoms with Gasteiger partial charge in [0.25, 0.3) is 0 Å². The summed E-state index contributed by atoms with van der Waals surface area (Å²) in [5.74, 6) is 0.126. The molecule has 15 heavy (non-hydrogen) atoms. The highest BCUT2D eigenvalue weighted by Crippen LogP contribution is 2.15. The molecule has 0 heterocycles. The number of hydrogen-bond acceptors (Lipinski definition) is 4. The van der Waals surface area contributed by atoms with Gasteiger partial charge in [-0.1, -0.05) is 25.6 Å². The Labute approximate surface area is 94.8 Å². The average molecular weight is 233 g/mol. The first-order valence-corrected chi connectivity index (χ1v) is 6.06. The molecular formula is C10H19NO3S. The van der Waals surface area contributed by atoms with E-state index in [1.54, 1.807) is 6.92 Å². The fourth-order valence-electron chi connectivity index (χ4n) is 1.02. The topological polar surface area (TPSA) is 66.4 Å². The van der Waals surface area contributed by atoms with Gasteiger partial charge >= 0.3 is 0 Å². The van der Waals surface area contributed by atoms with E-state index in [1.807, 2.05) is 6.92 Å². The molecule has 0 fully saturated rings. The zero-order chi connectivity index (χ0) is 11.8. The molecule has 88 valence electrons. The van der Waals surface area contributed by atoms with Crippen molar-refractivity contribution in [2.75, 3.05) is 12.3 Å². The summed E-state index contributed by atoms with van der Waals surface area (Å²) < 4.78 is 0. The lowest BCUT2D eigenvalue weighted by Crippen LogP contribution is -2.26. The van der Waals surface area contributed by atoms with Crippen LogP contribution in [0.2, 0.25) is 0 Å². The second-order valence-electron chi connectivity index (χ2n) is 3.41. The number of carbonyl (C=O) groups is 2. The van der Waals surface area contributed by atoms with Crippen molar-refractivity contribution >= 4 is 22.8 Å². The Morgan fingerprint density at radius 3 is 2.53 bits per heavy atom. The molecular weight excluding hydrogens is 214 g/mol. The molecule has 0 aromatic heterocycles. The van der Waals surface area contributed by atoms with Crippen LogP contribution in [0.3, 0.4) is 0 Å². The van der Waals surface area contributed by atoms with Crippen LogP contribution in [-0.2, 0) is 9.59 Å². The maximum atomic E-state index is 11.5. The Kier molecular flexibility index (Phi) is 7.42. The maximum absolute atomic E-state index is 11.5. The number of nitrogens with one attached hydrogen (secondary N) is 1. The minimum Gasteiger partial charge on any atom is -0.392 e. The van der Waals surface area contributed by atoms with Crippen molar-refractivity contribution in [3.05, 3.63) is 0 Å².